The molecule has 7 heteroatoms. The maximum atomic E-state index is 11.6. The Labute approximate surface area is 164 Å². The average molecular weight is 399 g/mol. The lowest BCUT2D eigenvalue weighted by Gasteiger charge is -2.08. The Morgan fingerprint density at radius 1 is 1.30 bits per heavy atom. The summed E-state index contributed by atoms with van der Waals surface area (Å²) < 4.78 is 11.3. The van der Waals surface area contributed by atoms with E-state index in [1.807, 2.05) is 18.2 Å². The van der Waals surface area contributed by atoms with Crippen molar-refractivity contribution in [3.8, 4) is 5.75 Å². The molecule has 0 amide bonds. The smallest absolute Gasteiger partial charge is 0.257 e. The van der Waals surface area contributed by atoms with Crippen LogP contribution in [0.2, 0.25) is 5.02 Å². The van der Waals surface area contributed by atoms with E-state index in [4.69, 9.17) is 20.8 Å². The number of pyridine rings is 1. The van der Waals surface area contributed by atoms with Crippen LogP contribution in [-0.4, -0.2) is 22.9 Å². The van der Waals surface area contributed by atoms with Crippen molar-refractivity contribution in [2.45, 2.75) is 17.9 Å². The Bertz CT molecular complexity index is 1170. The number of methoxy groups -OCH3 is 1. The summed E-state index contributed by atoms with van der Waals surface area (Å²) in [6.45, 7) is 1.54. The summed E-state index contributed by atoms with van der Waals surface area (Å²) in [5, 5.41) is 1.93. The van der Waals surface area contributed by atoms with Gasteiger partial charge in [0.15, 0.2) is 11.4 Å². The van der Waals surface area contributed by atoms with Crippen LogP contribution in [0.25, 0.3) is 22.0 Å². The summed E-state index contributed by atoms with van der Waals surface area (Å²) in [7, 11) is 1.61. The van der Waals surface area contributed by atoms with E-state index in [1.165, 1.54) is 11.8 Å². The van der Waals surface area contributed by atoms with Crippen LogP contribution in [0.4, 0.5) is 0 Å². The number of fused-ring (bicyclic) bond motifs is 3. The molecule has 0 saturated heterocycles. The molecule has 0 saturated carbocycles. The number of nitrogens with zero attached hydrogens (tertiary/aromatic N) is 2. The van der Waals surface area contributed by atoms with E-state index >= 15 is 0 Å². The molecule has 2 aromatic heterocycles. The van der Waals surface area contributed by atoms with Gasteiger partial charge in [-0.3, -0.25) is 9.78 Å². The fourth-order valence-electron chi connectivity index (χ4n) is 2.87. The van der Waals surface area contributed by atoms with Gasteiger partial charge in [0.25, 0.3) is 5.22 Å². The van der Waals surface area contributed by atoms with E-state index < -0.39 is 0 Å². The third-order valence-electron chi connectivity index (χ3n) is 4.22. The van der Waals surface area contributed by atoms with Gasteiger partial charge in [0, 0.05) is 28.5 Å². The van der Waals surface area contributed by atoms with Crippen molar-refractivity contribution in [2.75, 3.05) is 7.11 Å². The van der Waals surface area contributed by atoms with Gasteiger partial charge in [-0.1, -0.05) is 23.4 Å². The molecule has 136 valence electrons. The van der Waals surface area contributed by atoms with Crippen LogP contribution >= 0.6 is 23.4 Å². The molecule has 0 radical (unpaired) electrons. The zero-order chi connectivity index (χ0) is 19.0. The second-order valence-corrected chi connectivity index (χ2v) is 7.29. The van der Waals surface area contributed by atoms with Crippen molar-refractivity contribution >= 4 is 51.1 Å². The van der Waals surface area contributed by atoms with Gasteiger partial charge in [0.1, 0.15) is 16.8 Å². The molecule has 0 fully saturated rings. The third-order valence-corrected chi connectivity index (χ3v) is 5.40. The Hall–Kier alpha value is -2.57. The number of oxazole rings is 1. The molecule has 0 aliphatic heterocycles. The topological polar surface area (TPSA) is 65.2 Å². The highest BCUT2D eigenvalue weighted by molar-refractivity contribution is 7.98. The summed E-state index contributed by atoms with van der Waals surface area (Å²) >= 11 is 7.75. The lowest BCUT2D eigenvalue weighted by molar-refractivity contribution is 0.101. The van der Waals surface area contributed by atoms with E-state index in [9.17, 15) is 4.79 Å². The van der Waals surface area contributed by atoms with Crippen molar-refractivity contribution in [3.05, 3.63) is 58.7 Å². The van der Waals surface area contributed by atoms with Crippen molar-refractivity contribution in [3.63, 3.8) is 0 Å². The number of carbonyl (C=O) groups excluding carboxylic acids is 1. The molecular weight excluding hydrogens is 384 g/mol. The quantitative estimate of drug-likeness (QED) is 0.325. The molecule has 0 aliphatic carbocycles. The van der Waals surface area contributed by atoms with Crippen molar-refractivity contribution in [2.24, 2.45) is 0 Å². The maximum absolute atomic E-state index is 11.6. The molecule has 0 unspecified atom stereocenters. The molecule has 0 spiro atoms. The van der Waals surface area contributed by atoms with Crippen LogP contribution in [-0.2, 0) is 5.75 Å². The Kier molecular flexibility index (Phi) is 4.76. The Morgan fingerprint density at radius 2 is 2.15 bits per heavy atom. The van der Waals surface area contributed by atoms with Gasteiger partial charge in [0.05, 0.1) is 12.1 Å². The van der Waals surface area contributed by atoms with Gasteiger partial charge in [-0.15, -0.1) is 0 Å². The fraction of sp³-hybridized carbons (Fsp3) is 0.150. The van der Waals surface area contributed by atoms with Crippen LogP contribution in [0.3, 0.4) is 0 Å². The van der Waals surface area contributed by atoms with E-state index in [-0.39, 0.29) is 5.78 Å². The summed E-state index contributed by atoms with van der Waals surface area (Å²) in [6, 6.07) is 10.9. The highest BCUT2D eigenvalue weighted by Crippen LogP contribution is 2.35. The van der Waals surface area contributed by atoms with Gasteiger partial charge in [-0.2, -0.15) is 0 Å². The molecule has 0 atom stereocenters. The number of carbonyl (C=O) groups is 1. The van der Waals surface area contributed by atoms with E-state index in [2.05, 4.69) is 9.97 Å². The standard InChI is InChI=1S/C20H15ClN2O3S/c1-11(24)12-5-6-17(25-2)13(8-12)10-27-20-23-16-9-15(21)14-4-3-7-22-18(14)19(16)26-20/h3-9H,10H2,1-2H3. The van der Waals surface area contributed by atoms with E-state index in [0.717, 1.165) is 16.7 Å². The molecule has 2 aromatic carbocycles. The van der Waals surface area contributed by atoms with Crippen molar-refractivity contribution in [1.82, 2.24) is 9.97 Å². The zero-order valence-corrected chi connectivity index (χ0v) is 16.2. The molecule has 4 aromatic rings. The number of ketones is 1. The summed E-state index contributed by atoms with van der Waals surface area (Å²) in [5.74, 6) is 1.28. The molecule has 2 heterocycles. The predicted molar refractivity (Wildman–Crippen MR) is 107 cm³/mol. The monoisotopic (exact) mass is 398 g/mol. The number of aromatic nitrogens is 2. The molecule has 4 rings (SSSR count). The van der Waals surface area contributed by atoms with Crippen molar-refractivity contribution in [1.29, 1.82) is 0 Å². The molecular formula is C20H15ClN2O3S. The SMILES string of the molecule is COc1ccc(C(C)=O)cc1CSc1nc2cc(Cl)c3cccnc3c2o1. The van der Waals surface area contributed by atoms with Gasteiger partial charge in [-0.05, 0) is 43.3 Å². The Balaban J connectivity index is 1.68. The number of rotatable bonds is 5. The first-order valence-corrected chi connectivity index (χ1v) is 9.57. The van der Waals surface area contributed by atoms with Crippen LogP contribution in [0, 0.1) is 0 Å². The zero-order valence-electron chi connectivity index (χ0n) is 14.7. The summed E-state index contributed by atoms with van der Waals surface area (Å²) in [4.78, 5) is 20.5. The highest BCUT2D eigenvalue weighted by Gasteiger charge is 2.15. The minimum Gasteiger partial charge on any atom is -0.496 e. The van der Waals surface area contributed by atoms with E-state index in [1.54, 1.807) is 38.4 Å². The second kappa shape index (κ2) is 7.21. The number of hydrogen-bond acceptors (Lipinski definition) is 6. The Morgan fingerprint density at radius 3 is 2.93 bits per heavy atom. The minimum atomic E-state index is 0.0120. The predicted octanol–water partition coefficient (Wildman–Crippen LogP) is 5.53. The third kappa shape index (κ3) is 3.38. The van der Waals surface area contributed by atoms with Crippen molar-refractivity contribution < 1.29 is 13.9 Å². The van der Waals surface area contributed by atoms with Crippen LogP contribution < -0.4 is 4.74 Å². The van der Waals surface area contributed by atoms with Gasteiger partial charge < -0.3 is 9.15 Å². The number of halogens is 1. The first-order valence-electron chi connectivity index (χ1n) is 8.21. The molecule has 27 heavy (non-hydrogen) atoms. The number of ether oxygens (including phenoxy) is 1. The second-order valence-electron chi connectivity index (χ2n) is 5.96. The molecule has 5 nitrogen and oxygen atoms in total. The van der Waals surface area contributed by atoms with Crippen LogP contribution in [0.15, 0.2) is 52.2 Å². The largest absolute Gasteiger partial charge is 0.496 e. The maximum Gasteiger partial charge on any atom is 0.257 e. The highest BCUT2D eigenvalue weighted by atomic mass is 35.5. The van der Waals surface area contributed by atoms with Gasteiger partial charge in [0.2, 0.25) is 0 Å². The van der Waals surface area contributed by atoms with Gasteiger partial charge >= 0.3 is 0 Å². The normalized spacial score (nSPS) is 11.2. The van der Waals surface area contributed by atoms with Gasteiger partial charge in [-0.25, -0.2) is 4.98 Å². The lowest BCUT2D eigenvalue weighted by atomic mass is 10.1. The molecule has 0 N–H and O–H groups in total. The fourth-order valence-corrected chi connectivity index (χ4v) is 3.93. The number of hydrogen-bond donors (Lipinski definition) is 0. The minimum absolute atomic E-state index is 0.0120. The lowest BCUT2D eigenvalue weighted by Crippen LogP contribution is -1.96. The van der Waals surface area contributed by atoms with Crippen LogP contribution in [0.5, 0.6) is 5.75 Å². The van der Waals surface area contributed by atoms with E-state index in [0.29, 0.717) is 38.2 Å². The number of benzene rings is 2. The molecule has 0 aliphatic rings. The molecule has 0 bridgehead atoms. The first kappa shape index (κ1) is 17.8. The number of Topliss-reactive ketones (excluding diaryl/α,β-unsaturated/α-hetero) is 1. The summed E-state index contributed by atoms with van der Waals surface area (Å²) in [5.41, 5.74) is 3.51. The average Bonchev–Trinajstić information content (AvgIpc) is 3.09. The van der Waals surface area contributed by atoms with Crippen LogP contribution in [0.1, 0.15) is 22.8 Å². The summed E-state index contributed by atoms with van der Waals surface area (Å²) in [6.07, 6.45) is 1.70. The first-order chi connectivity index (χ1) is 13.1. The number of thioether (sulfide) groups is 1.